The molecular formula is C15H23N3O. The van der Waals surface area contributed by atoms with Gasteiger partial charge < -0.3 is 15.4 Å². The first-order valence-electron chi connectivity index (χ1n) is 6.82. The van der Waals surface area contributed by atoms with Crippen LogP contribution in [0.4, 0.5) is 5.69 Å². The number of ether oxygens (including phenoxy) is 1. The Hall–Kier alpha value is -1.55. The third-order valence-electron chi connectivity index (χ3n) is 3.73. The molecule has 1 heterocycles. The van der Waals surface area contributed by atoms with Crippen molar-refractivity contribution in [3.05, 3.63) is 29.3 Å². The van der Waals surface area contributed by atoms with Gasteiger partial charge in [0.2, 0.25) is 0 Å². The van der Waals surface area contributed by atoms with Crippen LogP contribution < -0.4 is 10.6 Å². The Morgan fingerprint density at radius 3 is 2.74 bits per heavy atom. The van der Waals surface area contributed by atoms with E-state index in [0.717, 1.165) is 43.9 Å². The molecule has 4 heteroatoms. The summed E-state index contributed by atoms with van der Waals surface area (Å²) in [5, 5.41) is 7.69. The average molecular weight is 261 g/mol. The second-order valence-corrected chi connectivity index (χ2v) is 5.37. The second kappa shape index (κ2) is 6.06. The van der Waals surface area contributed by atoms with E-state index >= 15 is 0 Å². The van der Waals surface area contributed by atoms with Crippen molar-refractivity contribution in [2.75, 3.05) is 31.7 Å². The molecule has 3 N–H and O–H groups in total. The lowest BCUT2D eigenvalue weighted by molar-refractivity contribution is 0.0685. The van der Waals surface area contributed by atoms with Crippen LogP contribution in [0.1, 0.15) is 24.0 Å². The Morgan fingerprint density at radius 1 is 1.42 bits per heavy atom. The maximum Gasteiger partial charge on any atom is 0.124 e. The van der Waals surface area contributed by atoms with Gasteiger partial charge >= 0.3 is 0 Å². The standard InChI is InChI=1S/C15H23N3O/c1-11-3-4-13(15(16)17)14(9-11)18(2)10-12-5-7-19-8-6-12/h3-4,9,12H,5-8,10H2,1-2H3,(H3,16,17). The molecule has 0 aromatic heterocycles. The van der Waals surface area contributed by atoms with Crippen LogP contribution in [0.25, 0.3) is 0 Å². The van der Waals surface area contributed by atoms with Crippen molar-refractivity contribution >= 4 is 11.5 Å². The topological polar surface area (TPSA) is 62.3 Å². The molecule has 0 unspecified atom stereocenters. The first kappa shape index (κ1) is 13.9. The summed E-state index contributed by atoms with van der Waals surface area (Å²) in [6.45, 7) is 4.79. The number of amidine groups is 1. The van der Waals surface area contributed by atoms with Crippen molar-refractivity contribution in [2.24, 2.45) is 11.7 Å². The predicted molar refractivity (Wildman–Crippen MR) is 79.0 cm³/mol. The third kappa shape index (κ3) is 3.47. The van der Waals surface area contributed by atoms with Gasteiger partial charge in [-0.15, -0.1) is 0 Å². The zero-order valence-electron chi connectivity index (χ0n) is 11.8. The minimum absolute atomic E-state index is 0.133. The Balaban J connectivity index is 2.14. The van der Waals surface area contributed by atoms with Gasteiger partial charge in [-0.1, -0.05) is 6.07 Å². The number of anilines is 1. The van der Waals surface area contributed by atoms with Gasteiger partial charge in [-0.05, 0) is 43.4 Å². The van der Waals surface area contributed by atoms with Gasteiger partial charge in [0.1, 0.15) is 5.84 Å². The SMILES string of the molecule is Cc1ccc(C(=N)N)c(N(C)CC2CCOCC2)c1. The smallest absolute Gasteiger partial charge is 0.124 e. The second-order valence-electron chi connectivity index (χ2n) is 5.37. The zero-order chi connectivity index (χ0) is 13.8. The third-order valence-corrected chi connectivity index (χ3v) is 3.73. The van der Waals surface area contributed by atoms with E-state index in [1.54, 1.807) is 0 Å². The zero-order valence-corrected chi connectivity index (χ0v) is 11.8. The lowest BCUT2D eigenvalue weighted by Gasteiger charge is -2.29. The number of hydrogen-bond donors (Lipinski definition) is 2. The van der Waals surface area contributed by atoms with Crippen LogP contribution in [0, 0.1) is 18.3 Å². The van der Waals surface area contributed by atoms with E-state index in [1.165, 1.54) is 5.56 Å². The summed E-state index contributed by atoms with van der Waals surface area (Å²) in [6.07, 6.45) is 2.23. The van der Waals surface area contributed by atoms with Crippen LogP contribution in [0.3, 0.4) is 0 Å². The van der Waals surface area contributed by atoms with E-state index in [0.29, 0.717) is 5.92 Å². The fourth-order valence-electron chi connectivity index (χ4n) is 2.60. The van der Waals surface area contributed by atoms with Crippen LogP contribution in [0.2, 0.25) is 0 Å². The highest BCUT2D eigenvalue weighted by Gasteiger charge is 2.18. The number of aryl methyl sites for hydroxylation is 1. The predicted octanol–water partition coefficient (Wildman–Crippen LogP) is 2.14. The van der Waals surface area contributed by atoms with E-state index in [2.05, 4.69) is 24.9 Å². The van der Waals surface area contributed by atoms with Crippen LogP contribution in [-0.2, 0) is 4.74 Å². The molecule has 1 aliphatic heterocycles. The first-order valence-corrected chi connectivity index (χ1v) is 6.82. The van der Waals surface area contributed by atoms with Gasteiger partial charge in [0.05, 0.1) is 0 Å². The van der Waals surface area contributed by atoms with Gasteiger partial charge in [0.25, 0.3) is 0 Å². The maximum atomic E-state index is 7.69. The molecule has 1 aliphatic rings. The highest BCUT2D eigenvalue weighted by atomic mass is 16.5. The van der Waals surface area contributed by atoms with Crippen molar-refractivity contribution < 1.29 is 4.74 Å². The molecule has 0 radical (unpaired) electrons. The minimum Gasteiger partial charge on any atom is -0.384 e. The van der Waals surface area contributed by atoms with Crippen LogP contribution >= 0.6 is 0 Å². The molecule has 4 nitrogen and oxygen atoms in total. The van der Waals surface area contributed by atoms with Gasteiger partial charge in [0, 0.05) is 38.1 Å². The molecule has 0 atom stereocenters. The summed E-state index contributed by atoms with van der Waals surface area (Å²) in [5.74, 6) is 0.799. The fraction of sp³-hybridized carbons (Fsp3) is 0.533. The van der Waals surface area contributed by atoms with Crippen molar-refractivity contribution in [2.45, 2.75) is 19.8 Å². The number of nitrogens with one attached hydrogen (secondary N) is 1. The van der Waals surface area contributed by atoms with Gasteiger partial charge in [0.15, 0.2) is 0 Å². The Labute approximate surface area is 115 Å². The van der Waals surface area contributed by atoms with Gasteiger partial charge in [-0.3, -0.25) is 5.41 Å². The molecule has 0 bridgehead atoms. The van der Waals surface area contributed by atoms with Crippen molar-refractivity contribution in [1.29, 1.82) is 5.41 Å². The molecule has 1 fully saturated rings. The lowest BCUT2D eigenvalue weighted by atomic mass is 9.99. The van der Waals surface area contributed by atoms with Crippen LogP contribution in [0.5, 0.6) is 0 Å². The fourth-order valence-corrected chi connectivity index (χ4v) is 2.60. The summed E-state index contributed by atoms with van der Waals surface area (Å²) in [5.41, 5.74) is 8.74. The van der Waals surface area contributed by atoms with E-state index < -0.39 is 0 Å². The van der Waals surface area contributed by atoms with Gasteiger partial charge in [-0.25, -0.2) is 0 Å². The molecule has 0 aliphatic carbocycles. The lowest BCUT2D eigenvalue weighted by Crippen LogP contribution is -2.31. The van der Waals surface area contributed by atoms with Crippen LogP contribution in [-0.4, -0.2) is 32.6 Å². The molecule has 1 saturated heterocycles. The monoisotopic (exact) mass is 261 g/mol. The number of nitrogen functional groups attached to an aromatic ring is 1. The largest absolute Gasteiger partial charge is 0.384 e. The average Bonchev–Trinajstić information content (AvgIpc) is 2.39. The summed E-state index contributed by atoms with van der Waals surface area (Å²) in [4.78, 5) is 2.22. The summed E-state index contributed by atoms with van der Waals surface area (Å²) >= 11 is 0. The Morgan fingerprint density at radius 2 is 2.11 bits per heavy atom. The first-order chi connectivity index (χ1) is 9.08. The highest BCUT2D eigenvalue weighted by Crippen LogP contribution is 2.24. The number of nitrogens with zero attached hydrogens (tertiary/aromatic N) is 1. The van der Waals surface area contributed by atoms with E-state index in [9.17, 15) is 0 Å². The number of benzene rings is 1. The molecule has 19 heavy (non-hydrogen) atoms. The maximum absolute atomic E-state index is 7.69. The molecule has 0 amide bonds. The summed E-state index contributed by atoms with van der Waals surface area (Å²) < 4.78 is 5.40. The van der Waals surface area contributed by atoms with E-state index in [4.69, 9.17) is 15.9 Å². The minimum atomic E-state index is 0.133. The molecule has 1 aromatic rings. The number of hydrogen-bond acceptors (Lipinski definition) is 3. The Kier molecular flexibility index (Phi) is 4.43. The molecule has 2 rings (SSSR count). The van der Waals surface area contributed by atoms with Gasteiger partial charge in [-0.2, -0.15) is 0 Å². The quantitative estimate of drug-likeness (QED) is 0.645. The van der Waals surface area contributed by atoms with E-state index in [1.807, 2.05) is 12.1 Å². The normalized spacial score (nSPS) is 16.3. The summed E-state index contributed by atoms with van der Waals surface area (Å²) in [6, 6.07) is 6.05. The molecule has 0 saturated carbocycles. The van der Waals surface area contributed by atoms with Crippen molar-refractivity contribution in [3.8, 4) is 0 Å². The molecular weight excluding hydrogens is 238 g/mol. The van der Waals surface area contributed by atoms with Crippen molar-refractivity contribution in [1.82, 2.24) is 0 Å². The number of nitrogens with two attached hydrogens (primary N) is 1. The molecule has 1 aromatic carbocycles. The van der Waals surface area contributed by atoms with Crippen molar-refractivity contribution in [3.63, 3.8) is 0 Å². The summed E-state index contributed by atoms with van der Waals surface area (Å²) in [7, 11) is 2.08. The van der Waals surface area contributed by atoms with E-state index in [-0.39, 0.29) is 5.84 Å². The highest BCUT2D eigenvalue weighted by molar-refractivity contribution is 6.00. The number of rotatable bonds is 4. The Bertz CT molecular complexity index is 453. The molecule has 0 spiro atoms. The molecule has 104 valence electrons. The van der Waals surface area contributed by atoms with Crippen LogP contribution in [0.15, 0.2) is 18.2 Å².